The van der Waals surface area contributed by atoms with Crippen molar-refractivity contribution in [3.63, 3.8) is 0 Å². The SMILES string of the molecule is Cn1ccc(C(NN)c2ccc(F)c(Cl)c2)n1. The Morgan fingerprint density at radius 3 is 2.76 bits per heavy atom. The summed E-state index contributed by atoms with van der Waals surface area (Å²) in [5, 5.41) is 4.32. The van der Waals surface area contributed by atoms with Crippen LogP contribution in [0.15, 0.2) is 30.5 Å². The third-order valence-corrected chi connectivity index (χ3v) is 2.76. The first kappa shape index (κ1) is 12.0. The van der Waals surface area contributed by atoms with Crippen LogP contribution in [-0.4, -0.2) is 9.78 Å². The summed E-state index contributed by atoms with van der Waals surface area (Å²) in [5.41, 5.74) is 4.15. The van der Waals surface area contributed by atoms with E-state index in [9.17, 15) is 4.39 Å². The molecule has 90 valence electrons. The Kier molecular flexibility index (Phi) is 3.42. The highest BCUT2D eigenvalue weighted by Crippen LogP contribution is 2.24. The molecule has 1 heterocycles. The molecule has 1 unspecified atom stereocenters. The van der Waals surface area contributed by atoms with E-state index in [0.29, 0.717) is 0 Å². The highest BCUT2D eigenvalue weighted by atomic mass is 35.5. The summed E-state index contributed by atoms with van der Waals surface area (Å²) in [6.07, 6.45) is 1.81. The number of rotatable bonds is 3. The van der Waals surface area contributed by atoms with Crippen LogP contribution in [0.1, 0.15) is 17.3 Å². The fourth-order valence-electron chi connectivity index (χ4n) is 1.63. The molecule has 0 aliphatic rings. The molecule has 0 radical (unpaired) electrons. The number of halogens is 2. The van der Waals surface area contributed by atoms with Crippen molar-refractivity contribution in [2.75, 3.05) is 0 Å². The Morgan fingerprint density at radius 2 is 2.24 bits per heavy atom. The van der Waals surface area contributed by atoms with Crippen LogP contribution in [0, 0.1) is 5.82 Å². The van der Waals surface area contributed by atoms with Gasteiger partial charge in [-0.1, -0.05) is 17.7 Å². The van der Waals surface area contributed by atoms with Crippen LogP contribution in [-0.2, 0) is 7.05 Å². The quantitative estimate of drug-likeness (QED) is 0.648. The van der Waals surface area contributed by atoms with Crippen LogP contribution in [0.5, 0.6) is 0 Å². The second kappa shape index (κ2) is 4.83. The molecule has 0 bridgehead atoms. The molecule has 3 N–H and O–H groups in total. The number of hydrogen-bond donors (Lipinski definition) is 2. The van der Waals surface area contributed by atoms with Crippen molar-refractivity contribution >= 4 is 11.6 Å². The van der Waals surface area contributed by atoms with Gasteiger partial charge in [-0.05, 0) is 23.8 Å². The van der Waals surface area contributed by atoms with Gasteiger partial charge in [-0.2, -0.15) is 5.10 Å². The predicted molar refractivity (Wildman–Crippen MR) is 63.8 cm³/mol. The van der Waals surface area contributed by atoms with E-state index >= 15 is 0 Å². The molecule has 0 fully saturated rings. The smallest absolute Gasteiger partial charge is 0.141 e. The van der Waals surface area contributed by atoms with Crippen molar-refractivity contribution in [3.05, 3.63) is 52.6 Å². The van der Waals surface area contributed by atoms with Gasteiger partial charge in [0.2, 0.25) is 0 Å². The highest BCUT2D eigenvalue weighted by Gasteiger charge is 2.16. The van der Waals surface area contributed by atoms with Crippen molar-refractivity contribution in [1.29, 1.82) is 0 Å². The van der Waals surface area contributed by atoms with Crippen LogP contribution in [0.2, 0.25) is 5.02 Å². The maximum absolute atomic E-state index is 13.1. The molecular weight excluding hydrogens is 243 g/mol. The fourth-order valence-corrected chi connectivity index (χ4v) is 1.82. The molecule has 0 amide bonds. The van der Waals surface area contributed by atoms with Gasteiger partial charge in [0.15, 0.2) is 0 Å². The second-order valence-corrected chi connectivity index (χ2v) is 4.09. The summed E-state index contributed by atoms with van der Waals surface area (Å²) in [6, 6.07) is 6.00. The number of hydrogen-bond acceptors (Lipinski definition) is 3. The highest BCUT2D eigenvalue weighted by molar-refractivity contribution is 6.30. The molecule has 1 aromatic carbocycles. The Labute approximate surface area is 103 Å². The number of benzene rings is 1. The fraction of sp³-hybridized carbons (Fsp3) is 0.182. The largest absolute Gasteiger partial charge is 0.275 e. The van der Waals surface area contributed by atoms with E-state index in [0.717, 1.165) is 11.3 Å². The molecule has 0 aliphatic heterocycles. The van der Waals surface area contributed by atoms with E-state index in [1.807, 2.05) is 19.3 Å². The summed E-state index contributed by atoms with van der Waals surface area (Å²) in [5.74, 6) is 5.05. The molecule has 4 nitrogen and oxygen atoms in total. The van der Waals surface area contributed by atoms with Gasteiger partial charge in [-0.15, -0.1) is 0 Å². The number of nitrogens with two attached hydrogens (primary N) is 1. The van der Waals surface area contributed by atoms with Gasteiger partial charge in [0.25, 0.3) is 0 Å². The first-order valence-corrected chi connectivity index (χ1v) is 5.40. The van der Waals surface area contributed by atoms with Gasteiger partial charge < -0.3 is 0 Å². The van der Waals surface area contributed by atoms with E-state index in [1.165, 1.54) is 12.1 Å². The van der Waals surface area contributed by atoms with Gasteiger partial charge >= 0.3 is 0 Å². The van der Waals surface area contributed by atoms with Crippen LogP contribution in [0.25, 0.3) is 0 Å². The summed E-state index contributed by atoms with van der Waals surface area (Å²) >= 11 is 5.74. The zero-order chi connectivity index (χ0) is 12.4. The lowest BCUT2D eigenvalue weighted by Gasteiger charge is -2.14. The van der Waals surface area contributed by atoms with E-state index in [2.05, 4.69) is 10.5 Å². The van der Waals surface area contributed by atoms with Crippen LogP contribution in [0.3, 0.4) is 0 Å². The zero-order valence-corrected chi connectivity index (χ0v) is 9.95. The molecule has 2 aromatic rings. The van der Waals surface area contributed by atoms with E-state index in [-0.39, 0.29) is 11.1 Å². The first-order chi connectivity index (χ1) is 8.11. The maximum Gasteiger partial charge on any atom is 0.141 e. The minimum absolute atomic E-state index is 0.0682. The lowest BCUT2D eigenvalue weighted by Crippen LogP contribution is -2.29. The van der Waals surface area contributed by atoms with E-state index < -0.39 is 5.82 Å². The van der Waals surface area contributed by atoms with E-state index in [4.69, 9.17) is 17.4 Å². The first-order valence-electron chi connectivity index (χ1n) is 5.02. The number of nitrogens with zero attached hydrogens (tertiary/aromatic N) is 2. The molecule has 0 spiro atoms. The van der Waals surface area contributed by atoms with Crippen LogP contribution < -0.4 is 11.3 Å². The van der Waals surface area contributed by atoms with Crippen LogP contribution >= 0.6 is 11.6 Å². The van der Waals surface area contributed by atoms with Crippen molar-refractivity contribution < 1.29 is 4.39 Å². The molecule has 0 saturated heterocycles. The Morgan fingerprint density at radius 1 is 1.47 bits per heavy atom. The Balaban J connectivity index is 2.38. The number of aryl methyl sites for hydroxylation is 1. The molecule has 17 heavy (non-hydrogen) atoms. The molecule has 0 aliphatic carbocycles. The molecule has 1 atom stereocenters. The number of nitrogens with one attached hydrogen (secondary N) is 1. The van der Waals surface area contributed by atoms with Gasteiger partial charge in [-0.3, -0.25) is 10.5 Å². The Bertz CT molecular complexity index is 526. The van der Waals surface area contributed by atoms with E-state index in [1.54, 1.807) is 10.7 Å². The standard InChI is InChI=1S/C11H12ClFN4/c1-17-5-4-10(16-17)11(15-14)7-2-3-9(13)8(12)6-7/h2-6,11,15H,14H2,1H3. The van der Waals surface area contributed by atoms with Crippen molar-refractivity contribution in [3.8, 4) is 0 Å². The lowest BCUT2D eigenvalue weighted by molar-refractivity contribution is 0.597. The van der Waals surface area contributed by atoms with Gasteiger partial charge in [0.05, 0.1) is 16.8 Å². The second-order valence-electron chi connectivity index (χ2n) is 3.69. The third-order valence-electron chi connectivity index (χ3n) is 2.47. The zero-order valence-electron chi connectivity index (χ0n) is 9.19. The Hall–Kier alpha value is -1.43. The molecular formula is C11H12ClFN4. The van der Waals surface area contributed by atoms with Crippen molar-refractivity contribution in [2.45, 2.75) is 6.04 Å². The number of aromatic nitrogens is 2. The summed E-state index contributed by atoms with van der Waals surface area (Å²) < 4.78 is 14.7. The monoisotopic (exact) mass is 254 g/mol. The topological polar surface area (TPSA) is 55.9 Å². The van der Waals surface area contributed by atoms with Gasteiger partial charge in [0, 0.05) is 13.2 Å². The summed E-state index contributed by atoms with van der Waals surface area (Å²) in [4.78, 5) is 0. The molecule has 1 aromatic heterocycles. The van der Waals surface area contributed by atoms with Crippen molar-refractivity contribution in [1.82, 2.24) is 15.2 Å². The minimum Gasteiger partial charge on any atom is -0.275 e. The average Bonchev–Trinajstić information content (AvgIpc) is 2.71. The average molecular weight is 255 g/mol. The van der Waals surface area contributed by atoms with Crippen LogP contribution in [0.4, 0.5) is 4.39 Å². The van der Waals surface area contributed by atoms with Crippen molar-refractivity contribution in [2.24, 2.45) is 12.9 Å². The van der Waals surface area contributed by atoms with Gasteiger partial charge in [0.1, 0.15) is 5.82 Å². The molecule has 2 rings (SSSR count). The predicted octanol–water partition coefficient (Wildman–Crippen LogP) is 1.77. The summed E-state index contributed by atoms with van der Waals surface area (Å²) in [6.45, 7) is 0. The van der Waals surface area contributed by atoms with Gasteiger partial charge in [-0.25, -0.2) is 9.82 Å². The summed E-state index contributed by atoms with van der Waals surface area (Å²) in [7, 11) is 1.81. The minimum atomic E-state index is -0.452. The third kappa shape index (κ3) is 2.46. The molecule has 0 saturated carbocycles. The normalized spacial score (nSPS) is 12.7. The number of hydrazine groups is 1. The maximum atomic E-state index is 13.1. The lowest BCUT2D eigenvalue weighted by atomic mass is 10.0. The molecule has 6 heteroatoms.